The molecule has 0 radical (unpaired) electrons. The minimum absolute atomic E-state index is 0.509. The van der Waals surface area contributed by atoms with E-state index in [-0.39, 0.29) is 0 Å². The summed E-state index contributed by atoms with van der Waals surface area (Å²) in [4.78, 5) is 2.45. The summed E-state index contributed by atoms with van der Waals surface area (Å²) in [5, 5.41) is 0. The van der Waals surface area contributed by atoms with E-state index in [9.17, 15) is 0 Å². The van der Waals surface area contributed by atoms with Crippen LogP contribution in [0.4, 0.5) is 11.4 Å². The first-order chi connectivity index (χ1) is 9.29. The fraction of sp³-hybridized carbons (Fsp3) is 0.625. The van der Waals surface area contributed by atoms with Crippen LogP contribution in [0.2, 0.25) is 0 Å². The molecule has 2 rings (SSSR count). The van der Waals surface area contributed by atoms with Crippen molar-refractivity contribution < 1.29 is 4.74 Å². The summed E-state index contributed by atoms with van der Waals surface area (Å²) < 4.78 is 5.68. The molecule has 0 saturated carbocycles. The smallest absolute Gasteiger partial charge is 0.0576 e. The highest BCUT2D eigenvalue weighted by Gasteiger charge is 2.15. The van der Waals surface area contributed by atoms with E-state index in [2.05, 4.69) is 24.0 Å². The summed E-state index contributed by atoms with van der Waals surface area (Å²) in [7, 11) is 0. The molecule has 0 aromatic heterocycles. The van der Waals surface area contributed by atoms with Gasteiger partial charge in [-0.05, 0) is 56.4 Å². The van der Waals surface area contributed by atoms with Gasteiger partial charge in [-0.2, -0.15) is 0 Å². The highest BCUT2D eigenvalue weighted by molar-refractivity contribution is 5.53. The Labute approximate surface area is 116 Å². The van der Waals surface area contributed by atoms with Crippen molar-refractivity contribution in [2.45, 2.75) is 45.1 Å². The fourth-order valence-electron chi connectivity index (χ4n) is 2.71. The SMILES string of the molecule is CCCN(CCCC1CCCO1)c1ccc(N)cc1. The van der Waals surface area contributed by atoms with Gasteiger partial charge in [-0.1, -0.05) is 6.92 Å². The maximum atomic E-state index is 5.75. The van der Waals surface area contributed by atoms with E-state index in [0.29, 0.717) is 6.10 Å². The van der Waals surface area contributed by atoms with Crippen molar-refractivity contribution in [1.29, 1.82) is 0 Å². The molecule has 0 spiro atoms. The van der Waals surface area contributed by atoms with Crippen molar-refractivity contribution in [1.82, 2.24) is 0 Å². The standard InChI is InChI=1S/C16H26N2O/c1-2-11-18(15-9-7-14(17)8-10-15)12-3-5-16-6-4-13-19-16/h7-10,16H,2-6,11-13,17H2,1H3. The average molecular weight is 262 g/mol. The van der Waals surface area contributed by atoms with Gasteiger partial charge in [0.2, 0.25) is 0 Å². The molecule has 106 valence electrons. The second-order valence-electron chi connectivity index (χ2n) is 5.36. The third-order valence-corrected chi connectivity index (χ3v) is 3.73. The Hall–Kier alpha value is -1.22. The molecule has 19 heavy (non-hydrogen) atoms. The molecule has 1 aromatic rings. The minimum atomic E-state index is 0.509. The van der Waals surface area contributed by atoms with E-state index >= 15 is 0 Å². The first-order valence-electron chi connectivity index (χ1n) is 7.51. The van der Waals surface area contributed by atoms with Crippen LogP contribution in [0, 0.1) is 0 Å². The van der Waals surface area contributed by atoms with Crippen molar-refractivity contribution in [2.75, 3.05) is 30.3 Å². The third-order valence-electron chi connectivity index (χ3n) is 3.73. The molecule has 1 atom stereocenters. The molecule has 1 unspecified atom stereocenters. The van der Waals surface area contributed by atoms with Gasteiger partial charge in [0.1, 0.15) is 0 Å². The molecule has 1 aliphatic rings. The van der Waals surface area contributed by atoms with Gasteiger partial charge in [0.15, 0.2) is 0 Å². The van der Waals surface area contributed by atoms with Crippen molar-refractivity contribution >= 4 is 11.4 Å². The van der Waals surface area contributed by atoms with Crippen LogP contribution < -0.4 is 10.6 Å². The van der Waals surface area contributed by atoms with Gasteiger partial charge in [-0.25, -0.2) is 0 Å². The molecule has 0 amide bonds. The molecule has 1 aromatic carbocycles. The summed E-state index contributed by atoms with van der Waals surface area (Å²) >= 11 is 0. The van der Waals surface area contributed by atoms with Crippen LogP contribution in [0.5, 0.6) is 0 Å². The molecule has 1 fully saturated rings. The zero-order valence-corrected chi connectivity index (χ0v) is 12.0. The van der Waals surface area contributed by atoms with Crippen molar-refractivity contribution in [2.24, 2.45) is 0 Å². The van der Waals surface area contributed by atoms with Crippen LogP contribution in [0.15, 0.2) is 24.3 Å². The largest absolute Gasteiger partial charge is 0.399 e. The average Bonchev–Trinajstić information content (AvgIpc) is 2.92. The monoisotopic (exact) mass is 262 g/mol. The van der Waals surface area contributed by atoms with Crippen LogP contribution in [0.3, 0.4) is 0 Å². The van der Waals surface area contributed by atoms with Gasteiger partial charge >= 0.3 is 0 Å². The number of ether oxygens (including phenoxy) is 1. The lowest BCUT2D eigenvalue weighted by molar-refractivity contribution is 0.103. The molecule has 0 bridgehead atoms. The zero-order chi connectivity index (χ0) is 13.5. The lowest BCUT2D eigenvalue weighted by Gasteiger charge is -2.25. The second kappa shape index (κ2) is 7.39. The Kier molecular flexibility index (Phi) is 5.52. The Morgan fingerprint density at radius 3 is 2.68 bits per heavy atom. The Balaban J connectivity index is 1.82. The first-order valence-corrected chi connectivity index (χ1v) is 7.51. The van der Waals surface area contributed by atoms with E-state index < -0.39 is 0 Å². The normalized spacial score (nSPS) is 18.7. The summed E-state index contributed by atoms with van der Waals surface area (Å²) in [6, 6.07) is 8.21. The van der Waals surface area contributed by atoms with Crippen LogP contribution in [-0.2, 0) is 4.74 Å². The number of rotatable bonds is 7. The number of hydrogen-bond donors (Lipinski definition) is 1. The maximum absolute atomic E-state index is 5.75. The molecular weight excluding hydrogens is 236 g/mol. The molecule has 1 heterocycles. The predicted octanol–water partition coefficient (Wildman–Crippen LogP) is 3.44. The van der Waals surface area contributed by atoms with Crippen molar-refractivity contribution in [3.05, 3.63) is 24.3 Å². The van der Waals surface area contributed by atoms with Gasteiger partial charge in [-0.3, -0.25) is 0 Å². The quantitative estimate of drug-likeness (QED) is 0.765. The highest BCUT2D eigenvalue weighted by atomic mass is 16.5. The van der Waals surface area contributed by atoms with Gasteiger partial charge in [0, 0.05) is 31.1 Å². The maximum Gasteiger partial charge on any atom is 0.0576 e. The number of nitrogens with zero attached hydrogens (tertiary/aromatic N) is 1. The van der Waals surface area contributed by atoms with Crippen LogP contribution in [0.25, 0.3) is 0 Å². The van der Waals surface area contributed by atoms with E-state index in [0.717, 1.165) is 25.4 Å². The van der Waals surface area contributed by atoms with Crippen LogP contribution in [-0.4, -0.2) is 25.8 Å². The molecule has 3 heteroatoms. The predicted molar refractivity (Wildman–Crippen MR) is 81.6 cm³/mol. The number of nitrogens with two attached hydrogens (primary N) is 1. The molecule has 1 saturated heterocycles. The minimum Gasteiger partial charge on any atom is -0.399 e. The molecule has 0 aliphatic carbocycles. The third kappa shape index (κ3) is 4.43. The van der Waals surface area contributed by atoms with Crippen LogP contribution in [0.1, 0.15) is 39.0 Å². The molecule has 3 nitrogen and oxygen atoms in total. The summed E-state index contributed by atoms with van der Waals surface area (Å²) in [6.07, 6.45) is 6.56. The Morgan fingerprint density at radius 2 is 2.05 bits per heavy atom. The fourth-order valence-corrected chi connectivity index (χ4v) is 2.71. The lowest BCUT2D eigenvalue weighted by atomic mass is 10.1. The van der Waals surface area contributed by atoms with Crippen LogP contribution >= 0.6 is 0 Å². The lowest BCUT2D eigenvalue weighted by Crippen LogP contribution is -2.26. The van der Waals surface area contributed by atoms with Crippen molar-refractivity contribution in [3.63, 3.8) is 0 Å². The summed E-state index contributed by atoms with van der Waals surface area (Å²) in [6.45, 7) is 5.40. The van der Waals surface area contributed by atoms with Gasteiger partial charge in [0.05, 0.1) is 6.10 Å². The van der Waals surface area contributed by atoms with E-state index in [1.54, 1.807) is 0 Å². The first kappa shape index (κ1) is 14.2. The highest BCUT2D eigenvalue weighted by Crippen LogP contribution is 2.20. The number of benzene rings is 1. The Bertz CT molecular complexity index is 358. The van der Waals surface area contributed by atoms with E-state index in [4.69, 9.17) is 10.5 Å². The summed E-state index contributed by atoms with van der Waals surface area (Å²) in [5.74, 6) is 0. The molecule has 1 aliphatic heterocycles. The molecule has 2 N–H and O–H groups in total. The zero-order valence-electron chi connectivity index (χ0n) is 12.0. The molecular formula is C16H26N2O. The van der Waals surface area contributed by atoms with Gasteiger partial charge in [0.25, 0.3) is 0 Å². The van der Waals surface area contributed by atoms with Gasteiger partial charge in [-0.15, -0.1) is 0 Å². The number of anilines is 2. The van der Waals surface area contributed by atoms with Gasteiger partial charge < -0.3 is 15.4 Å². The summed E-state index contributed by atoms with van der Waals surface area (Å²) in [5.41, 5.74) is 7.86. The second-order valence-corrected chi connectivity index (χ2v) is 5.36. The Morgan fingerprint density at radius 1 is 1.26 bits per heavy atom. The topological polar surface area (TPSA) is 38.5 Å². The number of nitrogen functional groups attached to an aromatic ring is 1. The van der Waals surface area contributed by atoms with Crippen molar-refractivity contribution in [3.8, 4) is 0 Å². The van der Waals surface area contributed by atoms with E-state index in [1.165, 1.54) is 37.8 Å². The number of hydrogen-bond acceptors (Lipinski definition) is 3. The van der Waals surface area contributed by atoms with E-state index in [1.807, 2.05) is 12.1 Å².